The number of aldehydes is 1. The van der Waals surface area contributed by atoms with Gasteiger partial charge in [-0.3, -0.25) is 9.59 Å². The van der Waals surface area contributed by atoms with Gasteiger partial charge < -0.3 is 5.32 Å². The van der Waals surface area contributed by atoms with Crippen molar-refractivity contribution in [2.45, 2.75) is 50.0 Å². The molecule has 1 aliphatic rings. The van der Waals surface area contributed by atoms with E-state index >= 15 is 0 Å². The van der Waals surface area contributed by atoms with E-state index in [1.54, 1.807) is 12.1 Å². The molecule has 1 fully saturated rings. The van der Waals surface area contributed by atoms with Crippen molar-refractivity contribution >= 4 is 22.2 Å². The summed E-state index contributed by atoms with van der Waals surface area (Å²) in [6.07, 6.45) is 6.76. The summed E-state index contributed by atoms with van der Waals surface area (Å²) in [6.45, 7) is 1.86. The number of amides is 1. The first-order valence-electron chi connectivity index (χ1n) is 8.72. The third-order valence-corrected chi connectivity index (χ3v) is 6.38. The molecular weight excluding hydrogens is 352 g/mol. The van der Waals surface area contributed by atoms with Crippen molar-refractivity contribution < 1.29 is 18.0 Å². The molecule has 3 rings (SSSR count). The van der Waals surface area contributed by atoms with Gasteiger partial charge in [0.25, 0.3) is 15.9 Å². The molecule has 1 aromatic carbocycles. The van der Waals surface area contributed by atoms with Crippen LogP contribution in [0.1, 0.15) is 58.5 Å². The molecule has 26 heavy (non-hydrogen) atoms. The molecule has 0 spiro atoms. The van der Waals surface area contributed by atoms with E-state index in [2.05, 4.69) is 5.32 Å². The lowest BCUT2D eigenvalue weighted by Crippen LogP contribution is -2.37. The molecule has 1 N–H and O–H groups in total. The fourth-order valence-corrected chi connectivity index (χ4v) is 4.58. The second-order valence-electron chi connectivity index (χ2n) is 6.70. The summed E-state index contributed by atoms with van der Waals surface area (Å²) < 4.78 is 26.8. The average molecular weight is 374 g/mol. The summed E-state index contributed by atoms with van der Waals surface area (Å²) in [5.41, 5.74) is 1.04. The van der Waals surface area contributed by atoms with Crippen LogP contribution in [0, 0.1) is 6.92 Å². The molecule has 1 heterocycles. The SMILES string of the molecule is Cc1ccc(S(=O)(=O)n2cc(C=O)cc2C(=O)NC2CCCCC2)cc1. The van der Waals surface area contributed by atoms with Crippen LogP contribution in [0.2, 0.25) is 0 Å². The minimum atomic E-state index is -3.96. The number of nitrogens with one attached hydrogen (secondary N) is 1. The quantitative estimate of drug-likeness (QED) is 0.816. The van der Waals surface area contributed by atoms with Crippen LogP contribution in [-0.2, 0) is 10.0 Å². The van der Waals surface area contributed by atoms with Gasteiger partial charge in [-0.1, -0.05) is 37.0 Å². The predicted molar refractivity (Wildman–Crippen MR) is 97.9 cm³/mol. The lowest BCUT2D eigenvalue weighted by Gasteiger charge is -2.23. The van der Waals surface area contributed by atoms with Gasteiger partial charge in [0.15, 0.2) is 6.29 Å². The van der Waals surface area contributed by atoms with E-state index in [1.807, 2.05) is 6.92 Å². The van der Waals surface area contributed by atoms with Crippen LogP contribution in [0.15, 0.2) is 41.4 Å². The van der Waals surface area contributed by atoms with Gasteiger partial charge in [-0.15, -0.1) is 0 Å². The Morgan fingerprint density at radius 3 is 2.42 bits per heavy atom. The second kappa shape index (κ2) is 7.45. The fraction of sp³-hybridized carbons (Fsp3) is 0.368. The Bertz CT molecular complexity index is 908. The zero-order chi connectivity index (χ0) is 18.7. The molecule has 0 atom stereocenters. The highest BCUT2D eigenvalue weighted by atomic mass is 32.2. The summed E-state index contributed by atoms with van der Waals surface area (Å²) in [5, 5.41) is 2.91. The van der Waals surface area contributed by atoms with Crippen molar-refractivity contribution in [2.24, 2.45) is 0 Å². The Kier molecular flexibility index (Phi) is 5.27. The lowest BCUT2D eigenvalue weighted by molar-refractivity contribution is 0.0921. The summed E-state index contributed by atoms with van der Waals surface area (Å²) in [6, 6.07) is 7.73. The van der Waals surface area contributed by atoms with Crippen LogP contribution >= 0.6 is 0 Å². The lowest BCUT2D eigenvalue weighted by atomic mass is 9.95. The van der Waals surface area contributed by atoms with E-state index in [9.17, 15) is 18.0 Å². The maximum Gasteiger partial charge on any atom is 0.269 e. The van der Waals surface area contributed by atoms with Crippen molar-refractivity contribution in [2.75, 3.05) is 0 Å². The number of rotatable bonds is 5. The van der Waals surface area contributed by atoms with Gasteiger partial charge in [-0.05, 0) is 38.0 Å². The number of nitrogens with zero attached hydrogens (tertiary/aromatic N) is 1. The van der Waals surface area contributed by atoms with E-state index < -0.39 is 15.9 Å². The molecule has 0 saturated heterocycles. The van der Waals surface area contributed by atoms with Crippen LogP contribution in [0.4, 0.5) is 0 Å². The smallest absolute Gasteiger partial charge is 0.269 e. The zero-order valence-electron chi connectivity index (χ0n) is 14.6. The normalized spacial score (nSPS) is 15.6. The Labute approximate surface area is 153 Å². The van der Waals surface area contributed by atoms with Crippen molar-refractivity contribution in [1.82, 2.24) is 9.29 Å². The number of carbonyl (C=O) groups excluding carboxylic acids is 2. The summed E-state index contributed by atoms with van der Waals surface area (Å²) in [5.74, 6) is -0.472. The highest BCUT2D eigenvalue weighted by Crippen LogP contribution is 2.21. The van der Waals surface area contributed by atoms with Gasteiger partial charge in [-0.25, -0.2) is 12.4 Å². The number of aromatic nitrogens is 1. The van der Waals surface area contributed by atoms with E-state index in [4.69, 9.17) is 0 Å². The Morgan fingerprint density at radius 2 is 1.81 bits per heavy atom. The zero-order valence-corrected chi connectivity index (χ0v) is 15.5. The third-order valence-electron chi connectivity index (χ3n) is 4.69. The first kappa shape index (κ1) is 18.4. The van der Waals surface area contributed by atoms with Gasteiger partial charge >= 0.3 is 0 Å². The number of hydrogen-bond acceptors (Lipinski definition) is 4. The van der Waals surface area contributed by atoms with Gasteiger partial charge in [0.2, 0.25) is 0 Å². The molecule has 0 aliphatic heterocycles. The molecule has 0 radical (unpaired) electrons. The average Bonchev–Trinajstić information content (AvgIpc) is 3.08. The molecule has 1 aliphatic carbocycles. The Balaban J connectivity index is 1.96. The summed E-state index contributed by atoms with van der Waals surface area (Å²) >= 11 is 0. The molecule has 6 nitrogen and oxygen atoms in total. The maximum atomic E-state index is 13.0. The first-order chi connectivity index (χ1) is 12.4. The van der Waals surface area contributed by atoms with Crippen LogP contribution < -0.4 is 5.32 Å². The van der Waals surface area contributed by atoms with Gasteiger partial charge in [0.05, 0.1) is 4.90 Å². The van der Waals surface area contributed by atoms with Gasteiger partial charge in [0, 0.05) is 17.8 Å². The Hall–Kier alpha value is -2.41. The number of carbonyl (C=O) groups is 2. The molecule has 0 unspecified atom stereocenters. The highest BCUT2D eigenvalue weighted by Gasteiger charge is 2.26. The summed E-state index contributed by atoms with van der Waals surface area (Å²) in [7, 11) is -3.96. The molecule has 1 saturated carbocycles. The Morgan fingerprint density at radius 1 is 1.15 bits per heavy atom. The van der Waals surface area contributed by atoms with Crippen molar-refractivity contribution in [3.8, 4) is 0 Å². The van der Waals surface area contributed by atoms with Crippen molar-refractivity contribution in [3.05, 3.63) is 53.3 Å². The summed E-state index contributed by atoms with van der Waals surface area (Å²) in [4.78, 5) is 23.9. The van der Waals surface area contributed by atoms with E-state index in [1.165, 1.54) is 24.4 Å². The van der Waals surface area contributed by atoms with Crippen molar-refractivity contribution in [1.29, 1.82) is 0 Å². The standard InChI is InChI=1S/C19H22N2O4S/c1-14-7-9-17(10-8-14)26(24,25)21-12-15(13-22)11-18(21)19(23)20-16-5-3-2-4-6-16/h7-13,16H,2-6H2,1H3,(H,20,23). The molecule has 1 aromatic heterocycles. The van der Waals surface area contributed by atoms with E-state index in [0.717, 1.165) is 41.6 Å². The first-order valence-corrected chi connectivity index (χ1v) is 10.2. The molecule has 0 bridgehead atoms. The molecular formula is C19H22N2O4S. The van der Waals surface area contributed by atoms with Gasteiger partial charge in [0.1, 0.15) is 5.69 Å². The van der Waals surface area contributed by atoms with Crippen LogP contribution in [0.25, 0.3) is 0 Å². The fourth-order valence-electron chi connectivity index (χ4n) is 3.22. The molecule has 1 amide bonds. The predicted octanol–water partition coefficient (Wildman–Crippen LogP) is 2.91. The van der Waals surface area contributed by atoms with Crippen LogP contribution in [0.3, 0.4) is 0 Å². The van der Waals surface area contributed by atoms with E-state index in [0.29, 0.717) is 6.29 Å². The highest BCUT2D eigenvalue weighted by molar-refractivity contribution is 7.90. The second-order valence-corrected chi connectivity index (χ2v) is 8.51. The van der Waals surface area contributed by atoms with E-state index in [-0.39, 0.29) is 22.2 Å². The third kappa shape index (κ3) is 3.72. The van der Waals surface area contributed by atoms with Crippen molar-refractivity contribution in [3.63, 3.8) is 0 Å². The molecule has 7 heteroatoms. The van der Waals surface area contributed by atoms with Gasteiger partial charge in [-0.2, -0.15) is 0 Å². The number of benzene rings is 1. The largest absolute Gasteiger partial charge is 0.348 e. The van der Waals surface area contributed by atoms with Crippen LogP contribution in [-0.4, -0.2) is 30.6 Å². The topological polar surface area (TPSA) is 85.2 Å². The number of aryl methyl sites for hydroxylation is 1. The maximum absolute atomic E-state index is 13.0. The minimum absolute atomic E-state index is 0.0429. The monoisotopic (exact) mass is 374 g/mol. The minimum Gasteiger partial charge on any atom is -0.348 e. The molecule has 2 aromatic rings. The number of hydrogen-bond donors (Lipinski definition) is 1. The van der Waals surface area contributed by atoms with Crippen LogP contribution in [0.5, 0.6) is 0 Å². The molecule has 138 valence electrons.